The first-order valence-electron chi connectivity index (χ1n) is 7.46. The van der Waals surface area contributed by atoms with Crippen LogP contribution >= 0.6 is 11.8 Å². The minimum atomic E-state index is -0.295. The minimum Gasteiger partial charge on any atom is -0.379 e. The van der Waals surface area contributed by atoms with Crippen molar-refractivity contribution in [1.82, 2.24) is 4.90 Å². The molecular weight excluding hydrogens is 286 g/mol. The van der Waals surface area contributed by atoms with Gasteiger partial charge in [-0.25, -0.2) is 0 Å². The fourth-order valence-electron chi connectivity index (χ4n) is 2.60. The molecule has 0 spiro atoms. The second-order valence-corrected chi connectivity index (χ2v) is 6.96. The maximum Gasteiger partial charge on any atom is 0.292 e. The average Bonchev–Trinajstić information content (AvgIpc) is 2.45. The molecule has 1 saturated heterocycles. The molecule has 1 aromatic carbocycles. The number of nitro benzene ring substituents is 1. The van der Waals surface area contributed by atoms with Crippen molar-refractivity contribution in [3.63, 3.8) is 0 Å². The topological polar surface area (TPSA) is 58.4 Å². The third-order valence-corrected chi connectivity index (χ3v) is 4.73. The Hall–Kier alpha value is -1.27. The molecule has 116 valence electrons. The SMILES string of the molecule is CCCNc1c(CN2CCSC(C)C2)cccc1[N+](=O)[O-]. The zero-order chi connectivity index (χ0) is 15.2. The summed E-state index contributed by atoms with van der Waals surface area (Å²) in [5, 5.41) is 15.1. The first kappa shape index (κ1) is 16.1. The highest BCUT2D eigenvalue weighted by atomic mass is 32.2. The summed E-state index contributed by atoms with van der Waals surface area (Å²) in [6, 6.07) is 5.36. The largest absolute Gasteiger partial charge is 0.379 e. The average molecular weight is 309 g/mol. The highest BCUT2D eigenvalue weighted by molar-refractivity contribution is 7.99. The number of nitro groups is 1. The van der Waals surface area contributed by atoms with E-state index in [-0.39, 0.29) is 10.6 Å². The summed E-state index contributed by atoms with van der Waals surface area (Å²) in [6.07, 6.45) is 0.947. The lowest BCUT2D eigenvalue weighted by atomic mass is 10.1. The van der Waals surface area contributed by atoms with Gasteiger partial charge in [-0.1, -0.05) is 26.0 Å². The molecule has 1 heterocycles. The zero-order valence-electron chi connectivity index (χ0n) is 12.7. The Balaban J connectivity index is 2.20. The van der Waals surface area contributed by atoms with Gasteiger partial charge < -0.3 is 5.32 Å². The molecule has 0 aliphatic carbocycles. The Morgan fingerprint density at radius 1 is 1.52 bits per heavy atom. The Labute approximate surface area is 130 Å². The van der Waals surface area contributed by atoms with E-state index in [9.17, 15) is 10.1 Å². The van der Waals surface area contributed by atoms with Crippen LogP contribution in [0.5, 0.6) is 0 Å². The summed E-state index contributed by atoms with van der Waals surface area (Å²) in [5.74, 6) is 1.13. The number of hydrogen-bond donors (Lipinski definition) is 1. The molecule has 21 heavy (non-hydrogen) atoms. The first-order valence-corrected chi connectivity index (χ1v) is 8.50. The second kappa shape index (κ2) is 7.66. The van der Waals surface area contributed by atoms with E-state index in [4.69, 9.17) is 0 Å². The third-order valence-electron chi connectivity index (χ3n) is 3.60. The number of thioether (sulfide) groups is 1. The van der Waals surface area contributed by atoms with Crippen molar-refractivity contribution in [3.05, 3.63) is 33.9 Å². The van der Waals surface area contributed by atoms with Gasteiger partial charge in [-0.15, -0.1) is 0 Å². The molecule has 1 aromatic rings. The van der Waals surface area contributed by atoms with Crippen LogP contribution in [-0.2, 0) is 6.54 Å². The van der Waals surface area contributed by atoms with Crippen LogP contribution in [0.3, 0.4) is 0 Å². The van der Waals surface area contributed by atoms with E-state index in [2.05, 4.69) is 24.1 Å². The van der Waals surface area contributed by atoms with Crippen molar-refractivity contribution in [1.29, 1.82) is 0 Å². The number of rotatable bonds is 6. The Kier molecular flexibility index (Phi) is 5.87. The lowest BCUT2D eigenvalue weighted by Gasteiger charge is -2.31. The van der Waals surface area contributed by atoms with Crippen molar-refractivity contribution >= 4 is 23.1 Å². The van der Waals surface area contributed by atoms with Crippen molar-refractivity contribution in [2.75, 3.05) is 30.7 Å². The summed E-state index contributed by atoms with van der Waals surface area (Å²) in [7, 11) is 0. The van der Waals surface area contributed by atoms with E-state index in [1.807, 2.05) is 17.8 Å². The van der Waals surface area contributed by atoms with E-state index in [1.165, 1.54) is 0 Å². The van der Waals surface area contributed by atoms with Crippen LogP contribution in [0.15, 0.2) is 18.2 Å². The quantitative estimate of drug-likeness (QED) is 0.645. The molecule has 0 aromatic heterocycles. The van der Waals surface area contributed by atoms with Crippen LogP contribution in [0.25, 0.3) is 0 Å². The van der Waals surface area contributed by atoms with Crippen molar-refractivity contribution in [2.45, 2.75) is 32.1 Å². The predicted molar refractivity (Wildman–Crippen MR) is 89.1 cm³/mol. The molecular formula is C15H23N3O2S. The summed E-state index contributed by atoms with van der Waals surface area (Å²) >= 11 is 1.99. The maximum absolute atomic E-state index is 11.2. The molecule has 0 saturated carbocycles. The van der Waals surface area contributed by atoms with E-state index >= 15 is 0 Å². The van der Waals surface area contributed by atoms with Crippen LogP contribution in [0.1, 0.15) is 25.8 Å². The first-order chi connectivity index (χ1) is 10.1. The van der Waals surface area contributed by atoms with Gasteiger partial charge in [0, 0.05) is 43.2 Å². The Bertz CT molecular complexity index is 496. The predicted octanol–water partition coefficient (Wildman–Crippen LogP) is 3.35. The number of anilines is 1. The maximum atomic E-state index is 11.2. The molecule has 1 N–H and O–H groups in total. The van der Waals surface area contributed by atoms with Gasteiger partial charge >= 0.3 is 0 Å². The number of nitrogens with zero attached hydrogens (tertiary/aromatic N) is 2. The Morgan fingerprint density at radius 2 is 2.33 bits per heavy atom. The third kappa shape index (κ3) is 4.35. The highest BCUT2D eigenvalue weighted by Crippen LogP contribution is 2.30. The van der Waals surface area contributed by atoms with Crippen molar-refractivity contribution in [2.24, 2.45) is 0 Å². The highest BCUT2D eigenvalue weighted by Gasteiger charge is 2.21. The summed E-state index contributed by atoms with van der Waals surface area (Å²) < 4.78 is 0. The second-order valence-electron chi connectivity index (χ2n) is 5.41. The smallest absolute Gasteiger partial charge is 0.292 e. The normalized spacial score (nSPS) is 19.4. The van der Waals surface area contributed by atoms with E-state index in [1.54, 1.807) is 12.1 Å². The minimum absolute atomic E-state index is 0.181. The van der Waals surface area contributed by atoms with Crippen LogP contribution < -0.4 is 5.32 Å². The molecule has 1 unspecified atom stereocenters. The van der Waals surface area contributed by atoms with Gasteiger partial charge in [0.1, 0.15) is 5.69 Å². The Morgan fingerprint density at radius 3 is 3.00 bits per heavy atom. The summed E-state index contributed by atoms with van der Waals surface area (Å²) in [6.45, 7) is 7.92. The molecule has 1 fully saturated rings. The van der Waals surface area contributed by atoms with E-state index in [0.29, 0.717) is 10.9 Å². The van der Waals surface area contributed by atoms with Gasteiger partial charge in [0.05, 0.1) is 4.92 Å². The molecule has 0 radical (unpaired) electrons. The molecule has 1 aliphatic heterocycles. The van der Waals surface area contributed by atoms with Gasteiger partial charge in [0.15, 0.2) is 0 Å². The molecule has 5 nitrogen and oxygen atoms in total. The van der Waals surface area contributed by atoms with Gasteiger partial charge in [-0.05, 0) is 12.0 Å². The van der Waals surface area contributed by atoms with E-state index < -0.39 is 0 Å². The monoisotopic (exact) mass is 309 g/mol. The lowest BCUT2D eigenvalue weighted by Crippen LogP contribution is -2.36. The van der Waals surface area contributed by atoms with Crippen LogP contribution in [0.4, 0.5) is 11.4 Å². The number of para-hydroxylation sites is 1. The molecule has 6 heteroatoms. The van der Waals surface area contributed by atoms with Crippen molar-refractivity contribution in [3.8, 4) is 0 Å². The zero-order valence-corrected chi connectivity index (χ0v) is 13.5. The molecule has 1 atom stereocenters. The molecule has 0 bridgehead atoms. The number of benzene rings is 1. The van der Waals surface area contributed by atoms with Crippen LogP contribution in [0, 0.1) is 10.1 Å². The molecule has 1 aliphatic rings. The molecule has 2 rings (SSSR count). The van der Waals surface area contributed by atoms with E-state index in [0.717, 1.165) is 43.9 Å². The summed E-state index contributed by atoms with van der Waals surface area (Å²) in [4.78, 5) is 13.3. The lowest BCUT2D eigenvalue weighted by molar-refractivity contribution is -0.384. The van der Waals surface area contributed by atoms with Crippen LogP contribution in [0.2, 0.25) is 0 Å². The van der Waals surface area contributed by atoms with Gasteiger partial charge in [-0.3, -0.25) is 15.0 Å². The number of nitrogens with one attached hydrogen (secondary N) is 1. The van der Waals surface area contributed by atoms with Crippen LogP contribution in [-0.4, -0.2) is 40.5 Å². The van der Waals surface area contributed by atoms with Crippen molar-refractivity contribution < 1.29 is 4.92 Å². The van der Waals surface area contributed by atoms with Gasteiger partial charge in [0.2, 0.25) is 0 Å². The number of hydrogen-bond acceptors (Lipinski definition) is 5. The van der Waals surface area contributed by atoms with Gasteiger partial charge in [0.25, 0.3) is 5.69 Å². The fourth-order valence-corrected chi connectivity index (χ4v) is 3.68. The summed E-state index contributed by atoms with van der Waals surface area (Å²) in [5.41, 5.74) is 1.90. The van der Waals surface area contributed by atoms with Gasteiger partial charge in [-0.2, -0.15) is 11.8 Å². The fraction of sp³-hybridized carbons (Fsp3) is 0.600. The standard InChI is InChI=1S/C15H23N3O2S/c1-3-7-16-15-13(5-4-6-14(15)18(19)20)11-17-8-9-21-12(2)10-17/h4-6,12,16H,3,7-11H2,1-2H3. The molecule has 0 amide bonds.